The second-order valence-electron chi connectivity index (χ2n) is 6.17. The molecule has 2 aliphatic rings. The van der Waals surface area contributed by atoms with E-state index in [9.17, 15) is 4.79 Å². The predicted octanol–water partition coefficient (Wildman–Crippen LogP) is 4.08. The highest BCUT2D eigenvalue weighted by Gasteiger charge is 2.26. The Bertz CT molecular complexity index is 537. The Morgan fingerprint density at radius 2 is 1.96 bits per heavy atom. The fourth-order valence-electron chi connectivity index (χ4n) is 2.80. The number of nitrogens with one attached hydrogen (secondary N) is 3. The van der Waals surface area contributed by atoms with Crippen molar-refractivity contribution in [3.05, 3.63) is 23.2 Å². The van der Waals surface area contributed by atoms with Gasteiger partial charge in [-0.2, -0.15) is 0 Å². The first-order chi connectivity index (χ1) is 10.1. The number of benzene rings is 1. The van der Waals surface area contributed by atoms with Crippen LogP contribution in [0.4, 0.5) is 11.4 Å². The van der Waals surface area contributed by atoms with Gasteiger partial charge in [-0.05, 0) is 57.4 Å². The number of rotatable bonds is 4. The SMILES string of the molecule is C[C@H]1C[C@@H](C(=O)Nc2cc(Cl)ccc2NC2CC2)CCN1.Cl.Cl. The number of carbonyl (C=O) groups is 1. The smallest absolute Gasteiger partial charge is 0.227 e. The van der Waals surface area contributed by atoms with Crippen molar-refractivity contribution in [3.8, 4) is 0 Å². The molecule has 1 heterocycles. The number of anilines is 2. The zero-order valence-corrected chi connectivity index (χ0v) is 15.5. The Kier molecular flexibility index (Phi) is 7.95. The molecule has 1 aliphatic heterocycles. The van der Waals surface area contributed by atoms with Crippen LogP contribution in [0.2, 0.25) is 5.02 Å². The summed E-state index contributed by atoms with van der Waals surface area (Å²) in [6, 6.07) is 6.57. The summed E-state index contributed by atoms with van der Waals surface area (Å²) >= 11 is 6.07. The number of halogens is 3. The van der Waals surface area contributed by atoms with Gasteiger partial charge in [0.05, 0.1) is 11.4 Å². The van der Waals surface area contributed by atoms with Gasteiger partial charge in [-0.25, -0.2) is 0 Å². The second kappa shape index (κ2) is 8.97. The Morgan fingerprint density at radius 3 is 2.61 bits per heavy atom. The summed E-state index contributed by atoms with van der Waals surface area (Å²) in [5.74, 6) is 0.179. The van der Waals surface area contributed by atoms with E-state index in [4.69, 9.17) is 11.6 Å². The fraction of sp³-hybridized carbons (Fsp3) is 0.562. The zero-order valence-electron chi connectivity index (χ0n) is 13.1. The van der Waals surface area contributed by atoms with Crippen LogP contribution >= 0.6 is 36.4 Å². The minimum Gasteiger partial charge on any atom is -0.381 e. The summed E-state index contributed by atoms with van der Waals surface area (Å²) in [4.78, 5) is 12.5. The molecule has 2 fully saturated rings. The fourth-order valence-corrected chi connectivity index (χ4v) is 2.97. The highest BCUT2D eigenvalue weighted by molar-refractivity contribution is 6.31. The van der Waals surface area contributed by atoms with Crippen molar-refractivity contribution in [1.82, 2.24) is 5.32 Å². The van der Waals surface area contributed by atoms with Gasteiger partial charge in [0.1, 0.15) is 0 Å². The van der Waals surface area contributed by atoms with Gasteiger partial charge in [0.25, 0.3) is 0 Å². The maximum absolute atomic E-state index is 12.5. The van der Waals surface area contributed by atoms with E-state index in [2.05, 4.69) is 22.9 Å². The molecule has 7 heteroatoms. The largest absolute Gasteiger partial charge is 0.381 e. The van der Waals surface area contributed by atoms with Gasteiger partial charge in [0.2, 0.25) is 5.91 Å². The molecule has 0 unspecified atom stereocenters. The lowest BCUT2D eigenvalue weighted by molar-refractivity contribution is -0.120. The number of carbonyl (C=O) groups excluding carboxylic acids is 1. The van der Waals surface area contributed by atoms with E-state index in [1.165, 1.54) is 12.8 Å². The highest BCUT2D eigenvalue weighted by atomic mass is 35.5. The predicted molar refractivity (Wildman–Crippen MR) is 101 cm³/mol. The number of piperidine rings is 1. The monoisotopic (exact) mass is 379 g/mol. The van der Waals surface area contributed by atoms with Crippen LogP contribution in [0, 0.1) is 5.92 Å². The minimum atomic E-state index is 0. The molecule has 2 atom stereocenters. The summed E-state index contributed by atoms with van der Waals surface area (Å²) in [7, 11) is 0. The van der Waals surface area contributed by atoms with Crippen LogP contribution in [0.15, 0.2) is 18.2 Å². The van der Waals surface area contributed by atoms with Crippen molar-refractivity contribution >= 4 is 53.7 Å². The molecule has 3 N–H and O–H groups in total. The van der Waals surface area contributed by atoms with Crippen LogP contribution in [-0.2, 0) is 4.79 Å². The molecule has 23 heavy (non-hydrogen) atoms. The van der Waals surface area contributed by atoms with Gasteiger partial charge >= 0.3 is 0 Å². The lowest BCUT2D eigenvalue weighted by atomic mass is 9.92. The molecule has 3 rings (SSSR count). The van der Waals surface area contributed by atoms with Gasteiger partial charge in [-0.3, -0.25) is 4.79 Å². The standard InChI is InChI=1S/C16H22ClN3O.2ClH/c1-10-8-11(6-7-18-10)16(21)20-15-9-12(17)2-5-14(15)19-13-3-4-13;;/h2,5,9-11,13,18-19H,3-4,6-8H2,1H3,(H,20,21);2*1H/t10-,11-;;/m0../s1. The highest BCUT2D eigenvalue weighted by Crippen LogP contribution is 2.32. The van der Waals surface area contributed by atoms with E-state index in [0.29, 0.717) is 17.1 Å². The van der Waals surface area contributed by atoms with E-state index >= 15 is 0 Å². The average molecular weight is 381 g/mol. The van der Waals surface area contributed by atoms with Crippen molar-refractivity contribution in [2.45, 2.75) is 44.7 Å². The second-order valence-corrected chi connectivity index (χ2v) is 6.61. The van der Waals surface area contributed by atoms with Crippen LogP contribution in [0.25, 0.3) is 0 Å². The van der Waals surface area contributed by atoms with Gasteiger partial charge in [0, 0.05) is 23.0 Å². The van der Waals surface area contributed by atoms with Crippen LogP contribution in [0.5, 0.6) is 0 Å². The van der Waals surface area contributed by atoms with E-state index < -0.39 is 0 Å². The molecule has 0 bridgehead atoms. The molecule has 0 spiro atoms. The van der Waals surface area contributed by atoms with E-state index in [0.717, 1.165) is 30.8 Å². The van der Waals surface area contributed by atoms with E-state index in [1.807, 2.05) is 18.2 Å². The third-order valence-electron chi connectivity index (χ3n) is 4.17. The third kappa shape index (κ3) is 5.71. The molecule has 0 aromatic heterocycles. The molecule has 0 radical (unpaired) electrons. The maximum atomic E-state index is 12.5. The molecule has 1 amide bonds. The normalized spacial score (nSPS) is 23.2. The summed E-state index contributed by atoms with van der Waals surface area (Å²) in [6.07, 6.45) is 4.17. The van der Waals surface area contributed by atoms with Crippen LogP contribution < -0.4 is 16.0 Å². The Morgan fingerprint density at radius 1 is 1.22 bits per heavy atom. The van der Waals surface area contributed by atoms with Gasteiger partial charge in [-0.15, -0.1) is 24.8 Å². The van der Waals surface area contributed by atoms with Gasteiger partial charge in [0.15, 0.2) is 0 Å². The number of hydrogen-bond donors (Lipinski definition) is 3. The van der Waals surface area contributed by atoms with Gasteiger partial charge < -0.3 is 16.0 Å². The molecule has 1 aromatic carbocycles. The molecule has 1 aliphatic carbocycles. The first kappa shape index (κ1) is 20.4. The summed E-state index contributed by atoms with van der Waals surface area (Å²) in [5, 5.41) is 10.5. The summed E-state index contributed by atoms with van der Waals surface area (Å²) in [6.45, 7) is 3.03. The van der Waals surface area contributed by atoms with Gasteiger partial charge in [-0.1, -0.05) is 11.6 Å². The minimum absolute atomic E-state index is 0. The zero-order chi connectivity index (χ0) is 14.8. The van der Waals surface area contributed by atoms with E-state index in [1.54, 1.807) is 0 Å². The molecule has 1 aromatic rings. The van der Waals surface area contributed by atoms with E-state index in [-0.39, 0.29) is 36.6 Å². The van der Waals surface area contributed by atoms with Crippen molar-refractivity contribution in [2.24, 2.45) is 5.92 Å². The molecule has 4 nitrogen and oxygen atoms in total. The lowest BCUT2D eigenvalue weighted by Crippen LogP contribution is -2.40. The first-order valence-corrected chi connectivity index (χ1v) is 8.10. The van der Waals surface area contributed by atoms with Crippen molar-refractivity contribution in [2.75, 3.05) is 17.2 Å². The van der Waals surface area contributed by atoms with Crippen LogP contribution in [-0.4, -0.2) is 24.5 Å². The summed E-state index contributed by atoms with van der Waals surface area (Å²) in [5.41, 5.74) is 1.77. The lowest BCUT2D eigenvalue weighted by Gasteiger charge is -2.27. The maximum Gasteiger partial charge on any atom is 0.227 e. The Labute approximate surface area is 154 Å². The first-order valence-electron chi connectivity index (χ1n) is 7.72. The topological polar surface area (TPSA) is 53.2 Å². The van der Waals surface area contributed by atoms with Crippen LogP contribution in [0.1, 0.15) is 32.6 Å². The molecule has 130 valence electrons. The molecular weight excluding hydrogens is 357 g/mol. The molecule has 1 saturated heterocycles. The van der Waals surface area contributed by atoms with Crippen molar-refractivity contribution in [1.29, 1.82) is 0 Å². The molecule has 1 saturated carbocycles. The Hall–Kier alpha value is -0.680. The quantitative estimate of drug-likeness (QED) is 0.737. The third-order valence-corrected chi connectivity index (χ3v) is 4.41. The Balaban J connectivity index is 0.00000132. The van der Waals surface area contributed by atoms with Crippen LogP contribution in [0.3, 0.4) is 0 Å². The number of amides is 1. The van der Waals surface area contributed by atoms with Crippen molar-refractivity contribution < 1.29 is 4.79 Å². The van der Waals surface area contributed by atoms with Crippen molar-refractivity contribution in [3.63, 3.8) is 0 Å². The molecular formula is C16H24Cl3N3O. The number of hydrogen-bond acceptors (Lipinski definition) is 3. The average Bonchev–Trinajstić information content (AvgIpc) is 3.26. The summed E-state index contributed by atoms with van der Waals surface area (Å²) < 4.78 is 0.